The van der Waals surface area contributed by atoms with Gasteiger partial charge >= 0.3 is 0 Å². The van der Waals surface area contributed by atoms with E-state index in [1.165, 1.54) is 24.6 Å². The molecule has 2 N–H and O–H groups in total. The van der Waals surface area contributed by atoms with Crippen molar-refractivity contribution >= 4 is 18.0 Å². The van der Waals surface area contributed by atoms with Crippen LogP contribution in [-0.4, -0.2) is 35.5 Å². The molecule has 4 heteroatoms. The molecule has 0 radical (unpaired) electrons. The smallest absolute Gasteiger partial charge is 0.137 e. The maximum atomic E-state index is 10.7. The predicted octanol–water partition coefficient (Wildman–Crippen LogP) is 2.14. The zero-order valence-corrected chi connectivity index (χ0v) is 10.2. The molecule has 88 valence electrons. The average Bonchev–Trinajstić information content (AvgIpc) is 2.21. The molecule has 0 saturated heterocycles. The second-order valence-electron chi connectivity index (χ2n) is 3.49. The molecule has 0 spiro atoms. The van der Waals surface area contributed by atoms with Gasteiger partial charge in [-0.15, -0.1) is 0 Å². The highest BCUT2D eigenvalue weighted by Crippen LogP contribution is 2.05. The van der Waals surface area contributed by atoms with Crippen molar-refractivity contribution in [3.63, 3.8) is 0 Å². The van der Waals surface area contributed by atoms with Crippen LogP contribution in [0, 0.1) is 0 Å². The lowest BCUT2D eigenvalue weighted by Gasteiger charge is -2.11. The molecule has 0 aromatic rings. The number of nitrogens with one attached hydrogen (secondary N) is 1. The number of carbonyl (C=O) groups excluding carboxylic acids is 1. The van der Waals surface area contributed by atoms with E-state index in [1.54, 1.807) is 0 Å². The van der Waals surface area contributed by atoms with Crippen molar-refractivity contribution in [3.8, 4) is 0 Å². The molecule has 3 nitrogen and oxygen atoms in total. The first-order valence-electron chi connectivity index (χ1n) is 5.33. The second kappa shape index (κ2) is 10.1. The Hall–Kier alpha value is -0.480. The first-order valence-corrected chi connectivity index (χ1v) is 6.49. The first-order chi connectivity index (χ1) is 7.20. The van der Waals surface area contributed by atoms with Crippen LogP contribution in [0.2, 0.25) is 0 Å². The van der Waals surface area contributed by atoms with Crippen molar-refractivity contribution in [1.82, 2.24) is 5.32 Å². The molecule has 1 atom stereocenters. The summed E-state index contributed by atoms with van der Waals surface area (Å²) in [6, 6.07) is -0.105. The largest absolute Gasteiger partial charge is 0.512 e. The molecule has 0 aliphatic heterocycles. The summed E-state index contributed by atoms with van der Waals surface area (Å²) < 4.78 is 0. The third kappa shape index (κ3) is 9.82. The van der Waals surface area contributed by atoms with Gasteiger partial charge in [-0.1, -0.05) is 26.3 Å². The van der Waals surface area contributed by atoms with Crippen molar-refractivity contribution in [1.29, 1.82) is 0 Å². The molecule has 0 rings (SSSR count). The van der Waals surface area contributed by atoms with Gasteiger partial charge in [0.15, 0.2) is 0 Å². The Kier molecular flexibility index (Phi) is 9.73. The summed E-state index contributed by atoms with van der Waals surface area (Å²) in [6.45, 7) is 6.43. The van der Waals surface area contributed by atoms with Gasteiger partial charge in [-0.2, -0.15) is 11.8 Å². The van der Waals surface area contributed by atoms with Gasteiger partial charge in [-0.05, 0) is 13.0 Å². The second-order valence-corrected chi connectivity index (χ2v) is 4.52. The van der Waals surface area contributed by atoms with Crippen molar-refractivity contribution in [2.45, 2.75) is 32.2 Å². The molecule has 0 bridgehead atoms. The SMILES string of the molecule is C=C(O)CSCC(C=O)NCCCCC. The predicted molar refractivity (Wildman–Crippen MR) is 66.5 cm³/mol. The Morgan fingerprint density at radius 2 is 2.33 bits per heavy atom. The number of hydrogen-bond donors (Lipinski definition) is 2. The molecular formula is C11H21NO2S. The van der Waals surface area contributed by atoms with E-state index < -0.39 is 0 Å². The zero-order valence-electron chi connectivity index (χ0n) is 9.37. The highest BCUT2D eigenvalue weighted by atomic mass is 32.2. The Morgan fingerprint density at radius 1 is 1.60 bits per heavy atom. The van der Waals surface area contributed by atoms with E-state index in [0.29, 0.717) is 11.5 Å². The fraction of sp³-hybridized carbons (Fsp3) is 0.727. The highest BCUT2D eigenvalue weighted by molar-refractivity contribution is 7.99. The monoisotopic (exact) mass is 231 g/mol. The van der Waals surface area contributed by atoms with Gasteiger partial charge in [0.05, 0.1) is 17.6 Å². The van der Waals surface area contributed by atoms with Crippen LogP contribution in [0.3, 0.4) is 0 Å². The molecule has 0 fully saturated rings. The van der Waals surface area contributed by atoms with Crippen molar-refractivity contribution in [3.05, 3.63) is 12.3 Å². The number of unbranched alkanes of at least 4 members (excludes halogenated alkanes) is 2. The van der Waals surface area contributed by atoms with Crippen LogP contribution >= 0.6 is 11.8 Å². The van der Waals surface area contributed by atoms with E-state index in [1.807, 2.05) is 0 Å². The summed E-state index contributed by atoms with van der Waals surface area (Å²) in [7, 11) is 0. The summed E-state index contributed by atoms with van der Waals surface area (Å²) in [6.07, 6.45) is 4.42. The number of aliphatic hydroxyl groups excluding tert-OH is 1. The van der Waals surface area contributed by atoms with E-state index in [0.717, 1.165) is 19.3 Å². The summed E-state index contributed by atoms with van der Waals surface area (Å²) in [5, 5.41) is 12.0. The topological polar surface area (TPSA) is 49.3 Å². The lowest BCUT2D eigenvalue weighted by molar-refractivity contribution is -0.109. The molecule has 0 aromatic carbocycles. The van der Waals surface area contributed by atoms with Gasteiger partial charge in [-0.3, -0.25) is 0 Å². The summed E-state index contributed by atoms with van der Waals surface area (Å²) in [5.74, 6) is 1.35. The van der Waals surface area contributed by atoms with Crippen LogP contribution in [0.4, 0.5) is 0 Å². The van der Waals surface area contributed by atoms with Gasteiger partial charge in [0, 0.05) is 5.75 Å². The van der Waals surface area contributed by atoms with Gasteiger partial charge in [0.2, 0.25) is 0 Å². The quantitative estimate of drug-likeness (QED) is 0.343. The molecule has 0 aliphatic rings. The standard InChI is InChI=1S/C11H21NO2S/c1-3-4-5-6-12-11(7-13)9-15-8-10(2)14/h7,11-12,14H,2-6,8-9H2,1H3. The number of rotatable bonds is 10. The van der Waals surface area contributed by atoms with Crippen LogP contribution in [0.1, 0.15) is 26.2 Å². The summed E-state index contributed by atoms with van der Waals surface area (Å²) in [4.78, 5) is 10.7. The molecule has 0 heterocycles. The average molecular weight is 231 g/mol. The maximum absolute atomic E-state index is 10.7. The Bertz CT molecular complexity index is 185. The van der Waals surface area contributed by atoms with Gasteiger partial charge in [0.25, 0.3) is 0 Å². The fourth-order valence-electron chi connectivity index (χ4n) is 1.11. The van der Waals surface area contributed by atoms with Crippen molar-refractivity contribution in [2.24, 2.45) is 0 Å². The minimum absolute atomic E-state index is 0.105. The first kappa shape index (κ1) is 14.5. The molecule has 15 heavy (non-hydrogen) atoms. The molecular weight excluding hydrogens is 210 g/mol. The minimum Gasteiger partial charge on any atom is -0.512 e. The third-order valence-electron chi connectivity index (χ3n) is 1.92. The minimum atomic E-state index is -0.105. The van der Waals surface area contributed by atoms with E-state index in [4.69, 9.17) is 5.11 Å². The zero-order chi connectivity index (χ0) is 11.5. The lowest BCUT2D eigenvalue weighted by Crippen LogP contribution is -2.33. The maximum Gasteiger partial charge on any atom is 0.137 e. The van der Waals surface area contributed by atoms with E-state index in [-0.39, 0.29) is 11.8 Å². The molecule has 0 aliphatic carbocycles. The Morgan fingerprint density at radius 3 is 2.87 bits per heavy atom. The van der Waals surface area contributed by atoms with E-state index in [9.17, 15) is 4.79 Å². The summed E-state index contributed by atoms with van der Waals surface area (Å²) >= 11 is 1.51. The molecule has 0 aromatic heterocycles. The number of aldehydes is 1. The fourth-order valence-corrected chi connectivity index (χ4v) is 1.92. The van der Waals surface area contributed by atoms with Crippen LogP contribution in [0.25, 0.3) is 0 Å². The Labute approximate surface area is 96.3 Å². The molecule has 1 unspecified atom stereocenters. The van der Waals surface area contributed by atoms with Crippen molar-refractivity contribution in [2.75, 3.05) is 18.1 Å². The van der Waals surface area contributed by atoms with Gasteiger partial charge < -0.3 is 15.2 Å². The number of carbonyl (C=O) groups is 1. The normalized spacial score (nSPS) is 12.3. The molecule has 0 amide bonds. The number of thioether (sulfide) groups is 1. The van der Waals surface area contributed by atoms with Crippen LogP contribution in [-0.2, 0) is 4.79 Å². The number of hydrogen-bond acceptors (Lipinski definition) is 4. The van der Waals surface area contributed by atoms with Crippen LogP contribution < -0.4 is 5.32 Å². The van der Waals surface area contributed by atoms with Gasteiger partial charge in [-0.25, -0.2) is 0 Å². The Balaban J connectivity index is 3.46. The van der Waals surface area contributed by atoms with E-state index in [2.05, 4.69) is 18.8 Å². The van der Waals surface area contributed by atoms with Crippen LogP contribution in [0.15, 0.2) is 12.3 Å². The van der Waals surface area contributed by atoms with Gasteiger partial charge in [0.1, 0.15) is 6.29 Å². The van der Waals surface area contributed by atoms with Crippen molar-refractivity contribution < 1.29 is 9.90 Å². The lowest BCUT2D eigenvalue weighted by atomic mass is 10.2. The van der Waals surface area contributed by atoms with E-state index >= 15 is 0 Å². The number of aliphatic hydroxyl groups is 1. The third-order valence-corrected chi connectivity index (χ3v) is 3.05. The summed E-state index contributed by atoms with van der Waals surface area (Å²) in [5.41, 5.74) is 0. The van der Waals surface area contributed by atoms with Crippen LogP contribution in [0.5, 0.6) is 0 Å². The molecule has 0 saturated carbocycles. The highest BCUT2D eigenvalue weighted by Gasteiger charge is 2.05.